The van der Waals surface area contributed by atoms with Crippen molar-refractivity contribution in [3.8, 4) is 0 Å². The Kier molecular flexibility index (Phi) is 0.314. The van der Waals surface area contributed by atoms with Gasteiger partial charge in [0.2, 0.25) is 0 Å². The van der Waals surface area contributed by atoms with Gasteiger partial charge >= 0.3 is 0 Å². The number of hydrogen-bond acceptors (Lipinski definition) is 1. The summed E-state index contributed by atoms with van der Waals surface area (Å²) in [7, 11) is 0. The van der Waals surface area contributed by atoms with Gasteiger partial charge in [-0.05, 0) is 18.7 Å². The van der Waals surface area contributed by atoms with Crippen molar-refractivity contribution in [3.63, 3.8) is 0 Å². The predicted molar refractivity (Wildman–Crippen MR) is 19.8 cm³/mol. The van der Waals surface area contributed by atoms with E-state index in [1.807, 2.05) is 0 Å². The van der Waals surface area contributed by atoms with Crippen LogP contribution in [0.5, 0.6) is 0 Å². The zero-order valence-electron chi connectivity index (χ0n) is 4.94. The largest absolute Gasteiger partial charge is 0.396 e. The molecule has 5 heavy (non-hydrogen) atoms. The van der Waals surface area contributed by atoms with Crippen LogP contribution in [0.4, 0.5) is 0 Å². The smallest absolute Gasteiger partial charge is 0.0459 e. The summed E-state index contributed by atoms with van der Waals surface area (Å²) in [6, 6.07) is 0. The average Bonchev–Trinajstić information content (AvgIpc) is 2.13. The summed E-state index contributed by atoms with van der Waals surface area (Å²) in [5, 5.41) is 8.30. The Bertz CT molecular complexity index is 81.8. The van der Waals surface area contributed by atoms with Gasteiger partial charge in [-0.15, -0.1) is 0 Å². The van der Waals surface area contributed by atoms with Gasteiger partial charge in [0.05, 0.1) is 0 Å². The van der Waals surface area contributed by atoms with Crippen molar-refractivity contribution in [1.82, 2.24) is 0 Å². The second-order valence-corrected chi connectivity index (χ2v) is 1.29. The average molecular weight is 74.1 g/mol. The number of hydrogen-bond donors (Lipinski definition) is 1. The van der Waals surface area contributed by atoms with Gasteiger partial charge in [-0.3, -0.25) is 0 Å². The van der Waals surface area contributed by atoms with E-state index < -0.39 is 6.37 Å². The number of aliphatic hydroxyl groups is 1. The van der Waals surface area contributed by atoms with E-state index in [0.717, 1.165) is 0 Å². The van der Waals surface area contributed by atoms with E-state index in [4.69, 9.17) is 7.85 Å². The van der Waals surface area contributed by atoms with Crippen molar-refractivity contribution in [3.05, 3.63) is 0 Å². The van der Waals surface area contributed by atoms with Crippen molar-refractivity contribution in [2.45, 2.75) is 12.8 Å². The molecule has 1 nitrogen and oxygen atoms in total. The van der Waals surface area contributed by atoms with Gasteiger partial charge in [0, 0.05) is 9.35 Å². The topological polar surface area (TPSA) is 20.2 Å². The predicted octanol–water partition coefficient (Wildman–Crippen LogP) is 0.389. The molecular formula is C4H8O. The zero-order chi connectivity index (χ0) is 5.49. The second-order valence-electron chi connectivity index (χ2n) is 1.29. The first-order valence-electron chi connectivity index (χ1n) is 2.77. The molecule has 0 spiro atoms. The molecule has 1 aliphatic rings. The van der Waals surface area contributed by atoms with E-state index in [9.17, 15) is 0 Å². The Balaban J connectivity index is 2.30. The van der Waals surface area contributed by atoms with Gasteiger partial charge in [0.1, 0.15) is 0 Å². The minimum atomic E-state index is -1.03. The molecule has 1 aliphatic carbocycles. The minimum Gasteiger partial charge on any atom is -0.396 e. The highest BCUT2D eigenvalue weighted by Crippen LogP contribution is 2.27. The molecule has 1 heteroatoms. The summed E-state index contributed by atoms with van der Waals surface area (Å²) >= 11 is 0. The van der Waals surface area contributed by atoms with Crippen LogP contribution in [-0.4, -0.2) is 11.7 Å². The molecule has 0 heterocycles. The fourth-order valence-corrected chi connectivity index (χ4v) is 0.212. The Morgan fingerprint density at radius 1 is 2.20 bits per heavy atom. The fraction of sp³-hybridized carbons (Fsp3) is 1.00. The molecule has 1 atom stereocenters. The van der Waals surface area contributed by atoms with Gasteiger partial charge in [-0.25, -0.2) is 0 Å². The molecule has 0 aromatic carbocycles. The van der Waals surface area contributed by atoms with Gasteiger partial charge in [-0.1, -0.05) is 0 Å². The maximum atomic E-state index is 8.30. The molecule has 1 fully saturated rings. The molecular weight excluding hydrogens is 64.0 g/mol. The van der Waals surface area contributed by atoms with Crippen LogP contribution >= 0.6 is 0 Å². The monoisotopic (exact) mass is 74.1 g/mol. The maximum absolute atomic E-state index is 8.30. The molecule has 0 radical (unpaired) electrons. The Labute approximate surface area is 34.4 Å². The van der Waals surface area contributed by atoms with Crippen molar-refractivity contribution >= 4 is 0 Å². The Morgan fingerprint density at radius 2 is 2.80 bits per heavy atom. The van der Waals surface area contributed by atoms with Crippen LogP contribution in [0.1, 0.15) is 15.5 Å². The zero-order valence-corrected chi connectivity index (χ0v) is 2.94. The van der Waals surface area contributed by atoms with Crippen LogP contribution in [0.15, 0.2) is 0 Å². The molecule has 1 unspecified atom stereocenters. The molecule has 1 N–H and O–H groups in total. The lowest BCUT2D eigenvalue weighted by molar-refractivity contribution is 0.277. The second kappa shape index (κ2) is 0.977. The third-order valence-corrected chi connectivity index (χ3v) is 0.713. The molecule has 0 bridgehead atoms. The van der Waals surface area contributed by atoms with Gasteiger partial charge in [-0.2, -0.15) is 0 Å². The highest BCUT2D eigenvalue weighted by atomic mass is 16.3. The minimum absolute atomic E-state index is 0.00694. The SMILES string of the molecule is [2H]C1([2H])CC1CO. The fourth-order valence-electron chi connectivity index (χ4n) is 0.212. The lowest BCUT2D eigenvalue weighted by Gasteiger charge is -1.73. The van der Waals surface area contributed by atoms with E-state index in [0.29, 0.717) is 6.42 Å². The van der Waals surface area contributed by atoms with Crippen LogP contribution in [0.3, 0.4) is 0 Å². The van der Waals surface area contributed by atoms with E-state index in [-0.39, 0.29) is 12.5 Å². The third kappa shape index (κ3) is 0.618. The summed E-state index contributed by atoms with van der Waals surface area (Å²) in [5.41, 5.74) is 0. The molecule has 1 rings (SSSR count). The molecule has 30 valence electrons. The Morgan fingerprint density at radius 3 is 2.80 bits per heavy atom. The molecule has 1 saturated carbocycles. The van der Waals surface area contributed by atoms with Crippen LogP contribution in [0, 0.1) is 5.92 Å². The van der Waals surface area contributed by atoms with Gasteiger partial charge < -0.3 is 5.11 Å². The standard InChI is InChI=1S/C4H8O/c5-3-4-1-2-4/h4-5H,1-3H2/i1D2. The first-order valence-corrected chi connectivity index (χ1v) is 1.77. The van der Waals surface area contributed by atoms with E-state index in [2.05, 4.69) is 0 Å². The summed E-state index contributed by atoms with van der Waals surface area (Å²) in [6.07, 6.45) is -0.488. The molecule has 0 aromatic rings. The molecule has 0 aliphatic heterocycles. The normalized spacial score (nSPS) is 50.2. The first-order chi connectivity index (χ1) is 3.17. The van der Waals surface area contributed by atoms with Crippen molar-refractivity contribution in [1.29, 1.82) is 0 Å². The number of aliphatic hydroxyl groups excluding tert-OH is 1. The summed E-state index contributed by atoms with van der Waals surface area (Å²) in [5.74, 6) is -0.0625. The van der Waals surface area contributed by atoms with E-state index in [1.165, 1.54) is 0 Å². The quantitative estimate of drug-likeness (QED) is 0.477. The van der Waals surface area contributed by atoms with E-state index in [1.54, 1.807) is 0 Å². The first kappa shape index (κ1) is 1.61. The highest BCUT2D eigenvalue weighted by molar-refractivity contribution is 4.70. The lowest BCUT2D eigenvalue weighted by atomic mass is 10.5. The van der Waals surface area contributed by atoms with Crippen molar-refractivity contribution in [2.24, 2.45) is 5.92 Å². The van der Waals surface area contributed by atoms with Crippen LogP contribution in [0.2, 0.25) is 0 Å². The third-order valence-electron chi connectivity index (χ3n) is 0.713. The van der Waals surface area contributed by atoms with E-state index >= 15 is 0 Å². The van der Waals surface area contributed by atoms with Crippen LogP contribution in [0.25, 0.3) is 0 Å². The van der Waals surface area contributed by atoms with Crippen LogP contribution < -0.4 is 0 Å². The van der Waals surface area contributed by atoms with Gasteiger partial charge in [0.25, 0.3) is 0 Å². The van der Waals surface area contributed by atoms with Crippen molar-refractivity contribution in [2.75, 3.05) is 6.61 Å². The maximum Gasteiger partial charge on any atom is 0.0459 e. The summed E-state index contributed by atoms with van der Waals surface area (Å²) in [6.45, 7) is 0.00694. The van der Waals surface area contributed by atoms with Gasteiger partial charge in [0.15, 0.2) is 0 Å². The van der Waals surface area contributed by atoms with Crippen LogP contribution in [-0.2, 0) is 0 Å². The lowest BCUT2D eigenvalue weighted by Crippen LogP contribution is -1.78. The summed E-state index contributed by atoms with van der Waals surface area (Å²) in [4.78, 5) is 0. The summed E-state index contributed by atoms with van der Waals surface area (Å²) < 4.78 is 13.8. The molecule has 0 aromatic heterocycles. The Hall–Kier alpha value is -0.0400. The molecule has 0 saturated heterocycles. The molecule has 0 amide bonds. The highest BCUT2D eigenvalue weighted by Gasteiger charge is 2.18. The van der Waals surface area contributed by atoms with Crippen molar-refractivity contribution < 1.29 is 7.85 Å². The number of rotatable bonds is 1.